The van der Waals surface area contributed by atoms with E-state index in [0.29, 0.717) is 5.82 Å². The summed E-state index contributed by atoms with van der Waals surface area (Å²) in [6.45, 7) is 0. The van der Waals surface area contributed by atoms with Gasteiger partial charge >= 0.3 is 0 Å². The molecular weight excluding hydrogens is 781 g/mol. The molecule has 0 amide bonds. The summed E-state index contributed by atoms with van der Waals surface area (Å²) in [6.07, 6.45) is 0. The Balaban J connectivity index is 1.09. The Morgan fingerprint density at radius 1 is 0.302 bits per heavy atom. The van der Waals surface area contributed by atoms with Gasteiger partial charge in [-0.3, -0.25) is 4.57 Å². The van der Waals surface area contributed by atoms with Gasteiger partial charge in [0.25, 0.3) is 0 Å². The first-order valence-corrected chi connectivity index (χ1v) is 23.5. The van der Waals surface area contributed by atoms with Crippen LogP contribution in [-0.4, -0.2) is 27.2 Å². The summed E-state index contributed by atoms with van der Waals surface area (Å²) in [4.78, 5) is 10.8. The van der Waals surface area contributed by atoms with Crippen LogP contribution in [0.3, 0.4) is 0 Å². The highest BCUT2D eigenvalue weighted by molar-refractivity contribution is 7.19. The van der Waals surface area contributed by atoms with Crippen LogP contribution in [0.5, 0.6) is 0 Å². The first-order valence-electron chi connectivity index (χ1n) is 21.5. The number of aromatic nitrogens is 4. The van der Waals surface area contributed by atoms with E-state index in [4.69, 9.17) is 9.97 Å². The number of nitrogens with zero attached hydrogens (tertiary/aromatic N) is 4. The monoisotopic (exact) mass is 820 g/mol. The minimum Gasteiger partial charge on any atom is -0.309 e. The highest BCUT2D eigenvalue weighted by atomic mass is 28.3. The molecule has 0 aliphatic carbocycles. The van der Waals surface area contributed by atoms with Crippen LogP contribution in [0.2, 0.25) is 0 Å². The first-order chi connectivity index (χ1) is 31.3. The highest BCUT2D eigenvalue weighted by Crippen LogP contribution is 2.37. The second-order valence-electron chi connectivity index (χ2n) is 16.2. The summed E-state index contributed by atoms with van der Waals surface area (Å²) in [6, 6.07) is 87.8. The third-order valence-electron chi connectivity index (χ3n) is 12.7. The van der Waals surface area contributed by atoms with E-state index in [9.17, 15) is 0 Å². The zero-order valence-corrected chi connectivity index (χ0v) is 35.4. The minimum atomic E-state index is -2.79. The molecule has 4 nitrogen and oxygen atoms in total. The topological polar surface area (TPSA) is 35.6 Å². The maximum atomic E-state index is 5.40. The van der Waals surface area contributed by atoms with Gasteiger partial charge in [0, 0.05) is 44.4 Å². The van der Waals surface area contributed by atoms with Gasteiger partial charge in [0.1, 0.15) is 5.82 Å². The normalized spacial score (nSPS) is 11.8. The van der Waals surface area contributed by atoms with Crippen LogP contribution in [0.25, 0.3) is 77.8 Å². The average molecular weight is 821 g/mol. The standard InChI is InChI=1S/C58H40N4Si/c1-5-20-41(21-6-1)58-59-52(42-22-19-29-47(38-42)63(44-23-7-2-8-24-44,45-25-9-3-10-26-45)46-27-11-4-12-28-46)40-57(60-58)62-55-35-18-15-32-50(55)51-39-43(36-37-56(51)62)61-53-33-16-13-30-48(53)49-31-14-17-34-54(49)61/h1-40H. The lowest BCUT2D eigenvalue weighted by atomic mass is 10.1. The van der Waals surface area contributed by atoms with Crippen LogP contribution in [-0.2, 0) is 0 Å². The molecule has 3 aromatic heterocycles. The molecular formula is C58H40N4Si. The van der Waals surface area contributed by atoms with Gasteiger partial charge in [-0.25, -0.2) is 9.97 Å². The predicted octanol–water partition coefficient (Wildman–Crippen LogP) is 11.4. The molecule has 0 N–H and O–H groups in total. The number of fused-ring (bicyclic) bond motifs is 6. The van der Waals surface area contributed by atoms with E-state index in [0.717, 1.165) is 44.7 Å². The molecule has 0 aliphatic heterocycles. The number of para-hydroxylation sites is 3. The van der Waals surface area contributed by atoms with Crippen molar-refractivity contribution >= 4 is 72.4 Å². The molecule has 12 aromatic rings. The van der Waals surface area contributed by atoms with E-state index in [1.807, 2.05) is 6.07 Å². The van der Waals surface area contributed by atoms with Crippen molar-refractivity contribution in [2.75, 3.05) is 0 Å². The lowest BCUT2D eigenvalue weighted by Gasteiger charge is -2.34. The van der Waals surface area contributed by atoms with Crippen LogP contribution in [0.4, 0.5) is 0 Å². The fourth-order valence-electron chi connectivity index (χ4n) is 9.94. The van der Waals surface area contributed by atoms with E-state index in [-0.39, 0.29) is 0 Å². The largest absolute Gasteiger partial charge is 0.309 e. The molecule has 0 bridgehead atoms. The first kappa shape index (κ1) is 36.7. The second-order valence-corrected chi connectivity index (χ2v) is 20.0. The average Bonchev–Trinajstić information content (AvgIpc) is 3.88. The van der Waals surface area contributed by atoms with Crippen LogP contribution in [0.15, 0.2) is 243 Å². The summed E-state index contributed by atoms with van der Waals surface area (Å²) < 4.78 is 4.71. The van der Waals surface area contributed by atoms with Crippen molar-refractivity contribution in [3.63, 3.8) is 0 Å². The Hall–Kier alpha value is -8.12. The van der Waals surface area contributed by atoms with Crippen molar-refractivity contribution in [3.05, 3.63) is 243 Å². The fourth-order valence-corrected chi connectivity index (χ4v) is 14.7. The third-order valence-corrected chi connectivity index (χ3v) is 17.5. The Morgan fingerprint density at radius 2 is 0.746 bits per heavy atom. The van der Waals surface area contributed by atoms with Crippen molar-refractivity contribution in [2.45, 2.75) is 0 Å². The molecule has 3 heterocycles. The maximum Gasteiger partial charge on any atom is 0.179 e. The Kier molecular flexibility index (Phi) is 8.80. The van der Waals surface area contributed by atoms with Crippen LogP contribution >= 0.6 is 0 Å². The maximum absolute atomic E-state index is 5.40. The van der Waals surface area contributed by atoms with Gasteiger partial charge in [0.15, 0.2) is 13.9 Å². The number of benzene rings is 9. The molecule has 0 fully saturated rings. The van der Waals surface area contributed by atoms with Gasteiger partial charge in [-0.15, -0.1) is 0 Å². The van der Waals surface area contributed by atoms with Crippen LogP contribution in [0, 0.1) is 0 Å². The molecule has 12 rings (SSSR count). The van der Waals surface area contributed by atoms with Crippen molar-refractivity contribution < 1.29 is 0 Å². The van der Waals surface area contributed by atoms with Gasteiger partial charge in [-0.2, -0.15) is 0 Å². The molecule has 0 radical (unpaired) electrons. The Morgan fingerprint density at radius 3 is 1.32 bits per heavy atom. The van der Waals surface area contributed by atoms with E-state index < -0.39 is 8.07 Å². The van der Waals surface area contributed by atoms with Gasteiger partial charge in [0.2, 0.25) is 0 Å². The van der Waals surface area contributed by atoms with Crippen molar-refractivity contribution in [3.8, 4) is 34.2 Å². The van der Waals surface area contributed by atoms with Crippen molar-refractivity contribution in [2.24, 2.45) is 0 Å². The predicted molar refractivity (Wildman–Crippen MR) is 265 cm³/mol. The smallest absolute Gasteiger partial charge is 0.179 e. The SMILES string of the molecule is c1ccc(-c2nc(-c3cccc([Si](c4ccccc4)(c4ccccc4)c4ccccc4)c3)cc(-n3c4ccccc4c4cc(-n5c6ccccc6c6ccccc65)ccc43)n2)cc1. The van der Waals surface area contributed by atoms with Crippen molar-refractivity contribution in [1.29, 1.82) is 0 Å². The molecule has 296 valence electrons. The number of hydrogen-bond acceptors (Lipinski definition) is 2. The molecule has 5 heteroatoms. The van der Waals surface area contributed by atoms with Gasteiger partial charge in [0.05, 0.1) is 27.8 Å². The van der Waals surface area contributed by atoms with E-state index in [2.05, 4.69) is 246 Å². The van der Waals surface area contributed by atoms with Gasteiger partial charge in [-0.1, -0.05) is 200 Å². The molecule has 0 saturated carbocycles. The summed E-state index contributed by atoms with van der Waals surface area (Å²) in [5.41, 5.74) is 8.55. The molecule has 9 aromatic carbocycles. The zero-order valence-electron chi connectivity index (χ0n) is 34.4. The van der Waals surface area contributed by atoms with Crippen LogP contribution < -0.4 is 20.7 Å². The third kappa shape index (κ3) is 5.97. The summed E-state index contributed by atoms with van der Waals surface area (Å²) in [7, 11) is -2.79. The van der Waals surface area contributed by atoms with E-state index in [1.54, 1.807) is 0 Å². The lowest BCUT2D eigenvalue weighted by molar-refractivity contribution is 1.05. The van der Waals surface area contributed by atoms with Gasteiger partial charge in [-0.05, 0) is 57.1 Å². The highest BCUT2D eigenvalue weighted by Gasteiger charge is 2.41. The quantitative estimate of drug-likeness (QED) is 0.113. The number of rotatable bonds is 8. The zero-order chi connectivity index (χ0) is 41.7. The van der Waals surface area contributed by atoms with Crippen molar-refractivity contribution in [1.82, 2.24) is 19.1 Å². The minimum absolute atomic E-state index is 0.680. The van der Waals surface area contributed by atoms with Gasteiger partial charge < -0.3 is 4.57 Å². The summed E-state index contributed by atoms with van der Waals surface area (Å²) in [5.74, 6) is 1.50. The fraction of sp³-hybridized carbons (Fsp3) is 0. The van der Waals surface area contributed by atoms with E-state index >= 15 is 0 Å². The van der Waals surface area contributed by atoms with E-state index in [1.165, 1.54) is 47.9 Å². The number of hydrogen-bond donors (Lipinski definition) is 0. The molecule has 63 heavy (non-hydrogen) atoms. The summed E-state index contributed by atoms with van der Waals surface area (Å²) >= 11 is 0. The lowest BCUT2D eigenvalue weighted by Crippen LogP contribution is -2.74. The van der Waals surface area contributed by atoms with Crippen LogP contribution in [0.1, 0.15) is 0 Å². The molecule has 0 saturated heterocycles. The summed E-state index contributed by atoms with van der Waals surface area (Å²) in [5, 5.41) is 10.1. The Labute approximate surface area is 366 Å². The molecule has 0 atom stereocenters. The second kappa shape index (κ2) is 15.1. The molecule has 0 unspecified atom stereocenters. The molecule has 0 spiro atoms. The Bertz CT molecular complexity index is 3470. The molecule has 0 aliphatic rings.